The van der Waals surface area contributed by atoms with Gasteiger partial charge in [0.2, 0.25) is 5.91 Å². The molecule has 19 heavy (non-hydrogen) atoms. The fourth-order valence-corrected chi connectivity index (χ4v) is 1.61. The summed E-state index contributed by atoms with van der Waals surface area (Å²) in [6, 6.07) is 0.404. The molecule has 0 fully saturated rings. The third-order valence-electron chi connectivity index (χ3n) is 2.66. The van der Waals surface area contributed by atoms with E-state index in [1.807, 2.05) is 6.92 Å². The minimum Gasteiger partial charge on any atom is -0.357 e. The zero-order chi connectivity index (χ0) is 14.7. The number of aliphatic imine (C=N–C) groups is 1. The Morgan fingerprint density at radius 1 is 1.16 bits per heavy atom. The number of carbonyl (C=O) groups excluding carboxylic acids is 1. The molecular weight excluding hydrogens is 240 g/mol. The van der Waals surface area contributed by atoms with Gasteiger partial charge in [-0.25, -0.2) is 0 Å². The van der Waals surface area contributed by atoms with Crippen LogP contribution in [-0.2, 0) is 4.79 Å². The molecule has 0 spiro atoms. The van der Waals surface area contributed by atoms with Crippen molar-refractivity contribution < 1.29 is 4.79 Å². The molecule has 0 aliphatic heterocycles. The molecule has 0 heterocycles. The summed E-state index contributed by atoms with van der Waals surface area (Å²) < 4.78 is 0. The molecule has 5 heteroatoms. The fraction of sp³-hybridized carbons (Fsp3) is 0.857. The van der Waals surface area contributed by atoms with Crippen molar-refractivity contribution >= 4 is 11.9 Å². The Hall–Kier alpha value is -1.26. The van der Waals surface area contributed by atoms with Crippen molar-refractivity contribution in [3.05, 3.63) is 0 Å². The van der Waals surface area contributed by atoms with Crippen molar-refractivity contribution in [3.63, 3.8) is 0 Å². The zero-order valence-corrected chi connectivity index (χ0v) is 13.0. The highest BCUT2D eigenvalue weighted by Crippen LogP contribution is 2.06. The summed E-state index contributed by atoms with van der Waals surface area (Å²) in [5, 5.41) is 9.34. The van der Waals surface area contributed by atoms with E-state index in [0.717, 1.165) is 24.8 Å². The van der Waals surface area contributed by atoms with Crippen molar-refractivity contribution in [2.24, 2.45) is 10.9 Å². The first-order valence-corrected chi connectivity index (χ1v) is 7.25. The molecule has 1 unspecified atom stereocenters. The lowest BCUT2D eigenvalue weighted by Crippen LogP contribution is -2.42. The quantitative estimate of drug-likeness (QED) is 0.356. The maximum atomic E-state index is 10.8. The van der Waals surface area contributed by atoms with Crippen LogP contribution in [0.4, 0.5) is 0 Å². The lowest BCUT2D eigenvalue weighted by Gasteiger charge is -2.18. The lowest BCUT2D eigenvalue weighted by molar-refractivity contribution is -0.118. The first kappa shape index (κ1) is 17.7. The largest absolute Gasteiger partial charge is 0.357 e. The Morgan fingerprint density at radius 2 is 1.84 bits per heavy atom. The molecule has 0 radical (unpaired) electrons. The third-order valence-corrected chi connectivity index (χ3v) is 2.66. The molecule has 0 aromatic heterocycles. The molecule has 0 rings (SSSR count). The molecule has 0 bridgehead atoms. The van der Waals surface area contributed by atoms with Crippen LogP contribution in [0.25, 0.3) is 0 Å². The number of nitrogens with one attached hydrogen (secondary N) is 3. The Balaban J connectivity index is 4.07. The van der Waals surface area contributed by atoms with Gasteiger partial charge < -0.3 is 16.0 Å². The molecule has 0 aliphatic rings. The molecule has 5 nitrogen and oxygen atoms in total. The second kappa shape index (κ2) is 10.6. The minimum atomic E-state index is -0.0153. The van der Waals surface area contributed by atoms with Crippen molar-refractivity contribution in [1.29, 1.82) is 0 Å². The van der Waals surface area contributed by atoms with E-state index in [0.29, 0.717) is 19.1 Å². The van der Waals surface area contributed by atoms with Crippen LogP contribution in [0.5, 0.6) is 0 Å². The highest BCUT2D eigenvalue weighted by molar-refractivity contribution is 5.80. The Bertz CT molecular complexity index is 277. The summed E-state index contributed by atoms with van der Waals surface area (Å²) in [5.41, 5.74) is 0. The Labute approximate surface area is 117 Å². The first-order valence-electron chi connectivity index (χ1n) is 7.25. The molecule has 112 valence electrons. The maximum absolute atomic E-state index is 10.8. The molecule has 0 saturated carbocycles. The van der Waals surface area contributed by atoms with Gasteiger partial charge in [-0.3, -0.25) is 9.79 Å². The Morgan fingerprint density at radius 3 is 2.37 bits per heavy atom. The van der Waals surface area contributed by atoms with Crippen molar-refractivity contribution in [3.8, 4) is 0 Å². The number of guanidine groups is 1. The minimum absolute atomic E-state index is 0.0153. The average Bonchev–Trinajstić information content (AvgIpc) is 2.32. The van der Waals surface area contributed by atoms with E-state index in [9.17, 15) is 4.79 Å². The summed E-state index contributed by atoms with van der Waals surface area (Å²) in [6.45, 7) is 12.2. The van der Waals surface area contributed by atoms with E-state index in [1.165, 1.54) is 13.3 Å². The first-order chi connectivity index (χ1) is 8.95. The number of nitrogens with zero attached hydrogens (tertiary/aromatic N) is 1. The van der Waals surface area contributed by atoms with E-state index in [2.05, 4.69) is 41.7 Å². The molecule has 3 N–H and O–H groups in total. The molecular formula is C14H30N4O. The van der Waals surface area contributed by atoms with E-state index < -0.39 is 0 Å². The van der Waals surface area contributed by atoms with Gasteiger partial charge in [0.1, 0.15) is 0 Å². The number of hydrogen-bond acceptors (Lipinski definition) is 2. The van der Waals surface area contributed by atoms with Gasteiger partial charge in [0.25, 0.3) is 0 Å². The van der Waals surface area contributed by atoms with Gasteiger partial charge >= 0.3 is 0 Å². The summed E-state index contributed by atoms with van der Waals surface area (Å²) in [5.74, 6) is 1.53. The number of rotatable bonds is 8. The van der Waals surface area contributed by atoms with Gasteiger partial charge in [0.05, 0.1) is 6.54 Å². The maximum Gasteiger partial charge on any atom is 0.216 e. The summed E-state index contributed by atoms with van der Waals surface area (Å²) >= 11 is 0. The number of amides is 1. The third kappa shape index (κ3) is 11.6. The Kier molecular flexibility index (Phi) is 9.94. The van der Waals surface area contributed by atoms with Gasteiger partial charge in [0, 0.05) is 26.1 Å². The van der Waals surface area contributed by atoms with Crippen LogP contribution in [0.3, 0.4) is 0 Å². The second-order valence-electron chi connectivity index (χ2n) is 5.26. The van der Waals surface area contributed by atoms with Crippen molar-refractivity contribution in [1.82, 2.24) is 16.0 Å². The van der Waals surface area contributed by atoms with E-state index in [-0.39, 0.29) is 5.91 Å². The van der Waals surface area contributed by atoms with Crippen LogP contribution in [0, 0.1) is 5.92 Å². The predicted molar refractivity (Wildman–Crippen MR) is 81.3 cm³/mol. The highest BCUT2D eigenvalue weighted by Gasteiger charge is 2.05. The van der Waals surface area contributed by atoms with Crippen LogP contribution in [0.15, 0.2) is 4.99 Å². The van der Waals surface area contributed by atoms with Crippen LogP contribution in [0.1, 0.15) is 47.5 Å². The molecule has 0 saturated heterocycles. The van der Waals surface area contributed by atoms with E-state index >= 15 is 0 Å². The van der Waals surface area contributed by atoms with Gasteiger partial charge in [0.15, 0.2) is 5.96 Å². The summed E-state index contributed by atoms with van der Waals surface area (Å²) in [7, 11) is 0. The van der Waals surface area contributed by atoms with Crippen molar-refractivity contribution in [2.45, 2.75) is 53.5 Å². The van der Waals surface area contributed by atoms with Crippen LogP contribution >= 0.6 is 0 Å². The van der Waals surface area contributed by atoms with E-state index in [1.54, 1.807) is 0 Å². The van der Waals surface area contributed by atoms with Gasteiger partial charge in [-0.15, -0.1) is 0 Å². The molecule has 0 aromatic rings. The molecule has 1 atom stereocenters. The highest BCUT2D eigenvalue weighted by atomic mass is 16.1. The van der Waals surface area contributed by atoms with Gasteiger partial charge in [-0.05, 0) is 32.6 Å². The molecule has 0 aromatic carbocycles. The number of carbonyl (C=O) groups is 1. The van der Waals surface area contributed by atoms with Crippen molar-refractivity contribution in [2.75, 3.05) is 19.6 Å². The standard InChI is InChI=1S/C14H30N4O/c1-6-15-14(17-10-9-16-13(5)19)18-12(4)8-7-11(2)3/h11-12H,6-10H2,1-5H3,(H,16,19)(H2,15,17,18). The second-order valence-corrected chi connectivity index (χ2v) is 5.26. The topological polar surface area (TPSA) is 65.5 Å². The van der Waals surface area contributed by atoms with Gasteiger partial charge in [-0.2, -0.15) is 0 Å². The van der Waals surface area contributed by atoms with Crippen LogP contribution in [-0.4, -0.2) is 37.5 Å². The molecule has 1 amide bonds. The smallest absolute Gasteiger partial charge is 0.216 e. The SMILES string of the molecule is CCNC(=NCCNC(C)=O)NC(C)CCC(C)C. The zero-order valence-electron chi connectivity index (χ0n) is 13.0. The van der Waals surface area contributed by atoms with E-state index in [4.69, 9.17) is 0 Å². The predicted octanol–water partition coefficient (Wildman–Crippen LogP) is 1.50. The number of hydrogen-bond donors (Lipinski definition) is 3. The normalized spacial score (nSPS) is 13.3. The lowest BCUT2D eigenvalue weighted by atomic mass is 10.0. The summed E-state index contributed by atoms with van der Waals surface area (Å²) in [6.07, 6.45) is 2.34. The summed E-state index contributed by atoms with van der Waals surface area (Å²) in [4.78, 5) is 15.2. The van der Waals surface area contributed by atoms with Gasteiger partial charge in [-0.1, -0.05) is 13.8 Å². The monoisotopic (exact) mass is 270 g/mol. The average molecular weight is 270 g/mol. The fourth-order valence-electron chi connectivity index (χ4n) is 1.61. The molecule has 0 aliphatic carbocycles. The van der Waals surface area contributed by atoms with Crippen LogP contribution in [0.2, 0.25) is 0 Å². The van der Waals surface area contributed by atoms with Crippen LogP contribution < -0.4 is 16.0 Å².